The normalized spacial score (nSPS) is 14.1. The number of benzene rings is 2. The van der Waals surface area contributed by atoms with Crippen LogP contribution in [0.5, 0.6) is 5.75 Å². The van der Waals surface area contributed by atoms with Crippen molar-refractivity contribution in [3.05, 3.63) is 42.0 Å². The lowest BCUT2D eigenvalue weighted by molar-refractivity contribution is 0.413. The van der Waals surface area contributed by atoms with Crippen LogP contribution in [0, 0.1) is 0 Å². The van der Waals surface area contributed by atoms with Crippen molar-refractivity contribution in [1.82, 2.24) is 0 Å². The Bertz CT molecular complexity index is 718. The van der Waals surface area contributed by atoms with Gasteiger partial charge in [-0.1, -0.05) is 12.1 Å². The first-order chi connectivity index (χ1) is 11.5. The van der Waals surface area contributed by atoms with Gasteiger partial charge in [0.25, 0.3) is 0 Å². The Kier molecular flexibility index (Phi) is 4.54. The predicted octanol–water partition coefficient (Wildman–Crippen LogP) is 4.07. The third-order valence-corrected chi connectivity index (χ3v) is 5.44. The molecular formula is C19H25N3OS. The molecule has 0 fully saturated rings. The highest BCUT2D eigenvalue weighted by Gasteiger charge is 2.35. The Balaban J connectivity index is 2.19. The molecule has 0 aromatic heterocycles. The van der Waals surface area contributed by atoms with Crippen LogP contribution in [0.15, 0.2) is 41.3 Å². The topological polar surface area (TPSA) is 19.0 Å². The van der Waals surface area contributed by atoms with Gasteiger partial charge < -0.3 is 19.4 Å². The highest BCUT2D eigenvalue weighted by molar-refractivity contribution is 7.98. The number of thioether (sulfide) groups is 1. The zero-order valence-corrected chi connectivity index (χ0v) is 16.0. The summed E-state index contributed by atoms with van der Waals surface area (Å²) in [5.41, 5.74) is 5.03. The smallest absolute Gasteiger partial charge is 0.131 e. The first-order valence-electron chi connectivity index (χ1n) is 7.97. The van der Waals surface area contributed by atoms with Crippen LogP contribution in [0.4, 0.5) is 17.1 Å². The zero-order valence-electron chi connectivity index (χ0n) is 15.2. The van der Waals surface area contributed by atoms with Crippen LogP contribution in [-0.4, -0.2) is 41.6 Å². The van der Waals surface area contributed by atoms with Crippen LogP contribution < -0.4 is 19.4 Å². The minimum Gasteiger partial charge on any atom is -0.497 e. The van der Waals surface area contributed by atoms with Crippen LogP contribution in [0.25, 0.3) is 0 Å². The van der Waals surface area contributed by atoms with E-state index in [-0.39, 0.29) is 6.17 Å². The van der Waals surface area contributed by atoms with Crippen molar-refractivity contribution in [1.29, 1.82) is 0 Å². The van der Waals surface area contributed by atoms with Gasteiger partial charge in [0.05, 0.1) is 18.5 Å². The third-order valence-electron chi connectivity index (χ3n) is 4.66. The molecule has 0 N–H and O–H groups in total. The van der Waals surface area contributed by atoms with Crippen LogP contribution in [0.1, 0.15) is 11.7 Å². The van der Waals surface area contributed by atoms with E-state index in [0.29, 0.717) is 0 Å². The minimum atomic E-state index is 0.160. The van der Waals surface area contributed by atoms with Crippen molar-refractivity contribution in [3.63, 3.8) is 0 Å². The van der Waals surface area contributed by atoms with E-state index in [9.17, 15) is 0 Å². The van der Waals surface area contributed by atoms with Crippen molar-refractivity contribution in [3.8, 4) is 5.75 Å². The summed E-state index contributed by atoms with van der Waals surface area (Å²) in [6, 6.07) is 12.8. The van der Waals surface area contributed by atoms with E-state index in [1.165, 1.54) is 27.5 Å². The first-order valence-corrected chi connectivity index (χ1v) is 9.20. The molecule has 2 aromatic carbocycles. The molecule has 0 spiro atoms. The molecule has 0 aliphatic carbocycles. The van der Waals surface area contributed by atoms with Gasteiger partial charge in [0, 0.05) is 50.4 Å². The molecule has 1 aliphatic rings. The molecule has 0 radical (unpaired) electrons. The van der Waals surface area contributed by atoms with Crippen molar-refractivity contribution in [2.75, 3.05) is 56.3 Å². The van der Waals surface area contributed by atoms with Gasteiger partial charge in [-0.3, -0.25) is 0 Å². The zero-order chi connectivity index (χ0) is 17.4. The average Bonchev–Trinajstić information content (AvgIpc) is 2.85. The predicted molar refractivity (Wildman–Crippen MR) is 105 cm³/mol. The average molecular weight is 343 g/mol. The first kappa shape index (κ1) is 16.8. The lowest BCUT2D eigenvalue weighted by atomic mass is 10.1. The lowest BCUT2D eigenvalue weighted by Crippen LogP contribution is -2.32. The van der Waals surface area contributed by atoms with Crippen LogP contribution in [-0.2, 0) is 0 Å². The van der Waals surface area contributed by atoms with E-state index in [2.05, 4.69) is 85.5 Å². The van der Waals surface area contributed by atoms with Gasteiger partial charge >= 0.3 is 0 Å². The summed E-state index contributed by atoms with van der Waals surface area (Å²) >= 11 is 1.77. The van der Waals surface area contributed by atoms with E-state index in [1.807, 2.05) is 0 Å². The number of methoxy groups -OCH3 is 1. The number of para-hydroxylation sites is 2. The molecule has 0 saturated heterocycles. The van der Waals surface area contributed by atoms with Crippen molar-refractivity contribution in [2.24, 2.45) is 0 Å². The quantitative estimate of drug-likeness (QED) is 0.777. The molecule has 5 heteroatoms. The highest BCUT2D eigenvalue weighted by Crippen LogP contribution is 2.49. The molecule has 2 aromatic rings. The lowest BCUT2D eigenvalue weighted by Gasteiger charge is -2.33. The van der Waals surface area contributed by atoms with Crippen molar-refractivity contribution >= 4 is 28.8 Å². The number of ether oxygens (including phenoxy) is 1. The molecule has 4 nitrogen and oxygen atoms in total. The monoisotopic (exact) mass is 343 g/mol. The number of hydrogen-bond acceptors (Lipinski definition) is 5. The molecule has 0 atom stereocenters. The Labute approximate surface area is 149 Å². The van der Waals surface area contributed by atoms with Gasteiger partial charge in [0.1, 0.15) is 11.9 Å². The van der Waals surface area contributed by atoms with E-state index in [4.69, 9.17) is 4.74 Å². The summed E-state index contributed by atoms with van der Waals surface area (Å²) < 4.78 is 5.51. The molecule has 0 bridgehead atoms. The van der Waals surface area contributed by atoms with E-state index >= 15 is 0 Å². The van der Waals surface area contributed by atoms with E-state index in [0.717, 1.165) is 5.75 Å². The number of rotatable bonds is 4. The Morgan fingerprint density at radius 1 is 1.04 bits per heavy atom. The summed E-state index contributed by atoms with van der Waals surface area (Å²) in [6.45, 7) is 0. The fourth-order valence-electron chi connectivity index (χ4n) is 3.47. The molecule has 1 heterocycles. The number of anilines is 3. The van der Waals surface area contributed by atoms with Gasteiger partial charge in [-0.05, 0) is 24.5 Å². The van der Waals surface area contributed by atoms with Gasteiger partial charge in [0.2, 0.25) is 0 Å². The molecule has 3 rings (SSSR count). The summed E-state index contributed by atoms with van der Waals surface area (Å²) in [6.07, 6.45) is 2.29. The third kappa shape index (κ3) is 2.57. The van der Waals surface area contributed by atoms with Gasteiger partial charge in [-0.25, -0.2) is 0 Å². The van der Waals surface area contributed by atoms with Gasteiger partial charge in [-0.2, -0.15) is 0 Å². The maximum Gasteiger partial charge on any atom is 0.131 e. The fourth-order valence-corrected chi connectivity index (χ4v) is 4.14. The molecule has 1 aliphatic heterocycles. The summed E-state index contributed by atoms with van der Waals surface area (Å²) in [4.78, 5) is 8.12. The largest absolute Gasteiger partial charge is 0.497 e. The summed E-state index contributed by atoms with van der Waals surface area (Å²) in [5, 5.41) is 0. The fraction of sp³-hybridized carbons (Fsp3) is 0.368. The van der Waals surface area contributed by atoms with Gasteiger partial charge in [0.15, 0.2) is 0 Å². The summed E-state index contributed by atoms with van der Waals surface area (Å²) in [5.74, 6) is 0.896. The molecule has 0 unspecified atom stereocenters. The Morgan fingerprint density at radius 3 is 2.08 bits per heavy atom. The number of hydrogen-bond donors (Lipinski definition) is 0. The Hall–Kier alpha value is -2.01. The van der Waals surface area contributed by atoms with Crippen LogP contribution in [0.2, 0.25) is 0 Å². The van der Waals surface area contributed by atoms with Gasteiger partial charge in [-0.15, -0.1) is 11.8 Å². The number of nitrogens with zero attached hydrogens (tertiary/aromatic N) is 3. The maximum atomic E-state index is 5.51. The summed E-state index contributed by atoms with van der Waals surface area (Å²) in [7, 11) is 10.2. The van der Waals surface area contributed by atoms with E-state index < -0.39 is 0 Å². The molecular weight excluding hydrogens is 318 g/mol. The second-order valence-electron chi connectivity index (χ2n) is 6.24. The molecule has 0 amide bonds. The highest BCUT2D eigenvalue weighted by atomic mass is 32.2. The molecule has 24 heavy (non-hydrogen) atoms. The second kappa shape index (κ2) is 6.48. The molecule has 128 valence electrons. The Morgan fingerprint density at radius 2 is 1.62 bits per heavy atom. The second-order valence-corrected chi connectivity index (χ2v) is 7.09. The standard InChI is InChI=1S/C19H25N3OS/c1-20(2)16-11-13(23-5)12-17(24-6)18(16)19-21(3)14-9-7-8-10-15(14)22(19)4/h7-12,19H,1-6H3. The van der Waals surface area contributed by atoms with Crippen LogP contribution in [0.3, 0.4) is 0 Å². The number of fused-ring (bicyclic) bond motifs is 1. The molecule has 0 saturated carbocycles. The van der Waals surface area contributed by atoms with Crippen molar-refractivity contribution in [2.45, 2.75) is 11.1 Å². The van der Waals surface area contributed by atoms with E-state index in [1.54, 1.807) is 18.9 Å². The SMILES string of the molecule is COc1cc(SC)c(C2N(C)c3ccccc3N2C)c(N(C)C)c1. The van der Waals surface area contributed by atoms with Crippen LogP contribution >= 0.6 is 11.8 Å². The maximum absolute atomic E-state index is 5.51. The van der Waals surface area contributed by atoms with Crippen molar-refractivity contribution < 1.29 is 4.74 Å². The minimum absolute atomic E-state index is 0.160.